The third-order valence-corrected chi connectivity index (χ3v) is 7.19. The van der Waals surface area contributed by atoms with Gasteiger partial charge in [-0.15, -0.1) is 0 Å². The number of nitrogens with two attached hydrogens (primary N) is 1. The van der Waals surface area contributed by atoms with Crippen LogP contribution in [0.4, 0.5) is 16.2 Å². The average Bonchev–Trinajstić information content (AvgIpc) is 3.36. The number of pyridine rings is 1. The van der Waals surface area contributed by atoms with Crippen molar-refractivity contribution in [2.24, 2.45) is 0 Å². The van der Waals surface area contributed by atoms with Gasteiger partial charge >= 0.3 is 6.09 Å². The molecular formula is C23H29N5O4S. The molecule has 2 aromatic heterocycles. The number of ether oxygens (including phenoxy) is 1. The summed E-state index contributed by atoms with van der Waals surface area (Å²) in [6.07, 6.45) is 4.86. The minimum Gasteiger partial charge on any atom is -0.444 e. The van der Waals surface area contributed by atoms with E-state index in [2.05, 4.69) is 15.6 Å². The average molecular weight is 472 g/mol. The second-order valence-corrected chi connectivity index (χ2v) is 11.1. The van der Waals surface area contributed by atoms with Crippen molar-refractivity contribution in [3.05, 3.63) is 48.8 Å². The van der Waals surface area contributed by atoms with E-state index in [0.717, 1.165) is 12.8 Å². The zero-order valence-corrected chi connectivity index (χ0v) is 19.7. The Hall–Kier alpha value is -3.27. The van der Waals surface area contributed by atoms with Gasteiger partial charge in [-0.05, 0) is 58.2 Å². The molecule has 1 aliphatic rings. The summed E-state index contributed by atoms with van der Waals surface area (Å²) in [6, 6.07) is 9.97. The summed E-state index contributed by atoms with van der Waals surface area (Å²) in [6.45, 7) is 5.48. The minimum absolute atomic E-state index is 0.0149. The summed E-state index contributed by atoms with van der Waals surface area (Å²) < 4.78 is 32.7. The Balaban J connectivity index is 1.54. The molecule has 3 aromatic rings. The highest BCUT2D eigenvalue weighted by Gasteiger charge is 2.29. The molecule has 0 saturated heterocycles. The Labute approximate surface area is 193 Å². The van der Waals surface area contributed by atoms with Crippen LogP contribution in [0.25, 0.3) is 11.0 Å². The van der Waals surface area contributed by atoms with Gasteiger partial charge in [0, 0.05) is 23.7 Å². The van der Waals surface area contributed by atoms with E-state index in [0.29, 0.717) is 28.8 Å². The Kier molecular flexibility index (Phi) is 5.96. The molecule has 2 unspecified atom stereocenters. The van der Waals surface area contributed by atoms with Crippen LogP contribution < -0.4 is 16.4 Å². The molecule has 2 heterocycles. The molecule has 9 nitrogen and oxygen atoms in total. The summed E-state index contributed by atoms with van der Waals surface area (Å²) in [5, 5.41) is 6.98. The number of benzene rings is 1. The molecule has 0 aliphatic heterocycles. The van der Waals surface area contributed by atoms with Crippen molar-refractivity contribution >= 4 is 38.5 Å². The number of nitrogen functional groups attached to an aromatic ring is 1. The van der Waals surface area contributed by atoms with Gasteiger partial charge in [0.05, 0.1) is 22.5 Å². The molecular weight excluding hydrogens is 442 g/mol. The largest absolute Gasteiger partial charge is 0.444 e. The smallest absolute Gasteiger partial charge is 0.407 e. The van der Waals surface area contributed by atoms with Crippen molar-refractivity contribution in [1.29, 1.82) is 0 Å². The number of nitrogens with one attached hydrogen (secondary N) is 2. The Morgan fingerprint density at radius 1 is 1.15 bits per heavy atom. The van der Waals surface area contributed by atoms with Crippen molar-refractivity contribution in [3.63, 3.8) is 0 Å². The normalized spacial score (nSPS) is 18.9. The molecule has 0 bridgehead atoms. The summed E-state index contributed by atoms with van der Waals surface area (Å²) in [5.41, 5.74) is 7.03. The molecule has 0 spiro atoms. The van der Waals surface area contributed by atoms with Crippen LogP contribution in [-0.2, 0) is 14.8 Å². The topological polar surface area (TPSA) is 128 Å². The molecule has 10 heteroatoms. The summed E-state index contributed by atoms with van der Waals surface area (Å²) in [7, 11) is -3.79. The van der Waals surface area contributed by atoms with Gasteiger partial charge in [0.15, 0.2) is 5.65 Å². The van der Waals surface area contributed by atoms with E-state index >= 15 is 0 Å². The highest BCUT2D eigenvalue weighted by atomic mass is 32.2. The molecule has 1 fully saturated rings. The van der Waals surface area contributed by atoms with E-state index in [1.54, 1.807) is 36.4 Å². The Morgan fingerprint density at radius 3 is 2.55 bits per heavy atom. The molecule has 4 rings (SSSR count). The number of anilines is 2. The zero-order chi connectivity index (χ0) is 23.8. The first-order chi connectivity index (χ1) is 15.5. The van der Waals surface area contributed by atoms with Crippen LogP contribution >= 0.6 is 0 Å². The lowest BCUT2D eigenvalue weighted by Gasteiger charge is -2.22. The van der Waals surface area contributed by atoms with Gasteiger partial charge in [0.1, 0.15) is 5.60 Å². The van der Waals surface area contributed by atoms with E-state index in [1.807, 2.05) is 20.8 Å². The number of rotatable bonds is 5. The summed E-state index contributed by atoms with van der Waals surface area (Å²) >= 11 is 0. The van der Waals surface area contributed by atoms with Crippen LogP contribution in [0.3, 0.4) is 0 Å². The van der Waals surface area contributed by atoms with E-state index < -0.39 is 21.7 Å². The maximum Gasteiger partial charge on any atom is 0.407 e. The van der Waals surface area contributed by atoms with Crippen LogP contribution in [0.5, 0.6) is 0 Å². The van der Waals surface area contributed by atoms with Gasteiger partial charge in [-0.2, -0.15) is 0 Å². The summed E-state index contributed by atoms with van der Waals surface area (Å²) in [5.74, 6) is 0. The molecule has 1 amide bonds. The molecule has 4 N–H and O–H groups in total. The molecule has 33 heavy (non-hydrogen) atoms. The minimum atomic E-state index is -3.79. The third kappa shape index (κ3) is 4.90. The van der Waals surface area contributed by atoms with Crippen LogP contribution in [0.15, 0.2) is 53.7 Å². The van der Waals surface area contributed by atoms with Gasteiger partial charge in [0.25, 0.3) is 10.0 Å². The first-order valence-corrected chi connectivity index (χ1v) is 12.3. The Morgan fingerprint density at radius 2 is 1.85 bits per heavy atom. The summed E-state index contributed by atoms with van der Waals surface area (Å²) in [4.78, 5) is 16.6. The Bertz CT molecular complexity index is 1270. The maximum absolute atomic E-state index is 13.1. The molecule has 0 radical (unpaired) electrons. The van der Waals surface area contributed by atoms with Crippen LogP contribution in [0.2, 0.25) is 0 Å². The standard InChI is InChI=1S/C23H29N5O4S/c1-23(2,3)32-22(29)27-16-10-9-15(13-16)26-20-18-11-12-28(21(18)25-14-19(20)24)33(30,31)17-7-5-4-6-8-17/h4-8,11-12,14-16H,9-10,13,24H2,1-3H3,(H,25,26)(H,27,29). The highest BCUT2D eigenvalue weighted by molar-refractivity contribution is 7.90. The second-order valence-electron chi connectivity index (χ2n) is 9.25. The van der Waals surface area contributed by atoms with Crippen LogP contribution in [-0.4, -0.2) is 41.2 Å². The molecule has 1 aliphatic carbocycles. The SMILES string of the molecule is CC(C)(C)OC(=O)NC1CCC(Nc2c(N)cnc3c2ccn3S(=O)(=O)c2ccccc2)C1. The van der Waals surface area contributed by atoms with Crippen LogP contribution in [0, 0.1) is 0 Å². The fourth-order valence-electron chi connectivity index (χ4n) is 4.06. The molecule has 2 atom stereocenters. The van der Waals surface area contributed by atoms with Crippen molar-refractivity contribution in [2.45, 2.75) is 62.6 Å². The lowest BCUT2D eigenvalue weighted by molar-refractivity contribution is 0.0505. The number of carbonyl (C=O) groups excluding carboxylic acids is 1. The first-order valence-electron chi connectivity index (χ1n) is 10.9. The van der Waals surface area contributed by atoms with Crippen LogP contribution in [0.1, 0.15) is 40.0 Å². The fraction of sp³-hybridized carbons (Fsp3) is 0.391. The van der Waals surface area contributed by atoms with Crippen molar-refractivity contribution in [2.75, 3.05) is 11.1 Å². The van der Waals surface area contributed by atoms with Gasteiger partial charge in [-0.25, -0.2) is 22.2 Å². The predicted molar refractivity (Wildman–Crippen MR) is 128 cm³/mol. The number of aromatic nitrogens is 2. The number of hydrogen-bond acceptors (Lipinski definition) is 7. The van der Waals surface area contributed by atoms with E-state index in [-0.39, 0.29) is 17.0 Å². The van der Waals surface area contributed by atoms with Crippen molar-refractivity contribution in [1.82, 2.24) is 14.3 Å². The van der Waals surface area contributed by atoms with Gasteiger partial charge < -0.3 is 21.1 Å². The quantitative estimate of drug-likeness (QED) is 0.517. The number of alkyl carbamates (subject to hydrolysis) is 1. The van der Waals surface area contributed by atoms with Gasteiger partial charge in [0.2, 0.25) is 0 Å². The van der Waals surface area contributed by atoms with E-state index in [1.165, 1.54) is 16.4 Å². The van der Waals surface area contributed by atoms with Gasteiger partial charge in [-0.3, -0.25) is 0 Å². The van der Waals surface area contributed by atoms with E-state index in [9.17, 15) is 13.2 Å². The monoisotopic (exact) mass is 471 g/mol. The number of nitrogens with zero attached hydrogens (tertiary/aromatic N) is 2. The number of hydrogen-bond donors (Lipinski definition) is 3. The number of amides is 1. The lowest BCUT2D eigenvalue weighted by atomic mass is 10.2. The lowest BCUT2D eigenvalue weighted by Crippen LogP contribution is -2.38. The molecule has 1 saturated carbocycles. The zero-order valence-electron chi connectivity index (χ0n) is 18.9. The molecule has 1 aromatic carbocycles. The number of carbonyl (C=O) groups is 1. The van der Waals surface area contributed by atoms with Crippen molar-refractivity contribution < 1.29 is 17.9 Å². The highest BCUT2D eigenvalue weighted by Crippen LogP contribution is 2.33. The van der Waals surface area contributed by atoms with E-state index in [4.69, 9.17) is 10.5 Å². The molecule has 176 valence electrons. The fourth-order valence-corrected chi connectivity index (χ4v) is 5.38. The predicted octanol–water partition coefficient (Wildman–Crippen LogP) is 3.71. The maximum atomic E-state index is 13.1. The van der Waals surface area contributed by atoms with Crippen molar-refractivity contribution in [3.8, 4) is 0 Å². The second kappa shape index (κ2) is 8.58. The third-order valence-electron chi connectivity index (χ3n) is 5.51. The first kappa shape index (κ1) is 22.9. The number of fused-ring (bicyclic) bond motifs is 1. The van der Waals surface area contributed by atoms with Gasteiger partial charge in [-0.1, -0.05) is 18.2 Å².